The highest BCUT2D eigenvalue weighted by Crippen LogP contribution is 2.28. The maximum absolute atomic E-state index is 12.4. The summed E-state index contributed by atoms with van der Waals surface area (Å²) in [6.45, 7) is 0. The average Bonchev–Trinajstić information content (AvgIpc) is 3.29. The van der Waals surface area contributed by atoms with Crippen molar-refractivity contribution in [2.24, 2.45) is 0 Å². The minimum Gasteiger partial charge on any atom is -0.296 e. The topological polar surface area (TPSA) is 92.3 Å². The van der Waals surface area contributed by atoms with Gasteiger partial charge in [0.1, 0.15) is 5.01 Å². The van der Waals surface area contributed by atoms with E-state index < -0.39 is 0 Å². The minimum absolute atomic E-state index is 0.221. The Morgan fingerprint density at radius 3 is 2.25 bits per heavy atom. The van der Waals surface area contributed by atoms with E-state index in [4.69, 9.17) is 0 Å². The van der Waals surface area contributed by atoms with Crippen LogP contribution in [0.1, 0.15) is 23.2 Å². The van der Waals surface area contributed by atoms with Crippen molar-refractivity contribution in [1.29, 1.82) is 0 Å². The van der Waals surface area contributed by atoms with E-state index in [1.165, 1.54) is 11.3 Å². The lowest BCUT2D eigenvalue weighted by molar-refractivity contribution is -0.121. The van der Waals surface area contributed by atoms with Gasteiger partial charge in [0.05, 0.1) is 5.69 Å². The van der Waals surface area contributed by atoms with E-state index in [0.717, 1.165) is 14.9 Å². The van der Waals surface area contributed by atoms with Gasteiger partial charge in [0, 0.05) is 28.4 Å². The number of carbonyl (C=O) groups excluding carboxylic acids is 3. The predicted octanol–water partition coefficient (Wildman–Crippen LogP) is 3.87. The molecule has 1 aromatic heterocycles. The molecule has 0 spiro atoms. The number of imide groups is 1. The highest BCUT2D eigenvalue weighted by Gasteiger charge is 2.30. The molecule has 0 aliphatic carbocycles. The van der Waals surface area contributed by atoms with Crippen molar-refractivity contribution in [2.75, 3.05) is 10.2 Å². The monoisotopic (exact) mass is 456 g/mol. The molecule has 0 atom stereocenters. The van der Waals surface area contributed by atoms with Crippen LogP contribution in [-0.4, -0.2) is 27.9 Å². The van der Waals surface area contributed by atoms with E-state index in [0.29, 0.717) is 21.4 Å². The van der Waals surface area contributed by atoms with Crippen LogP contribution >= 0.6 is 27.3 Å². The van der Waals surface area contributed by atoms with Gasteiger partial charge in [0.25, 0.3) is 5.91 Å². The van der Waals surface area contributed by atoms with E-state index >= 15 is 0 Å². The zero-order valence-corrected chi connectivity index (χ0v) is 16.8. The highest BCUT2D eigenvalue weighted by atomic mass is 79.9. The number of aromatic nitrogens is 2. The van der Waals surface area contributed by atoms with Crippen LogP contribution in [0.3, 0.4) is 0 Å². The number of rotatable bonds is 4. The lowest BCUT2D eigenvalue weighted by atomic mass is 10.2. The van der Waals surface area contributed by atoms with Crippen LogP contribution in [0.15, 0.2) is 53.0 Å². The van der Waals surface area contributed by atoms with E-state index in [1.54, 1.807) is 24.3 Å². The number of halogens is 1. The summed E-state index contributed by atoms with van der Waals surface area (Å²) in [6, 6.07) is 14.0. The second kappa shape index (κ2) is 7.61. The summed E-state index contributed by atoms with van der Waals surface area (Å²) in [5.41, 5.74) is 1.77. The standard InChI is InChI=1S/C19H13BrN4O3S/c20-13-5-1-12(2-6-13)18-22-23-19(28-18)21-17(27)11-3-7-14(8-4-11)24-15(25)9-10-16(24)26/h1-8H,9-10H2,(H,21,23,27). The van der Waals surface area contributed by atoms with E-state index in [9.17, 15) is 14.4 Å². The van der Waals surface area contributed by atoms with Crippen LogP contribution in [0.25, 0.3) is 10.6 Å². The third-order valence-electron chi connectivity index (χ3n) is 4.18. The van der Waals surface area contributed by atoms with E-state index in [1.807, 2.05) is 24.3 Å². The quantitative estimate of drug-likeness (QED) is 0.601. The largest absolute Gasteiger partial charge is 0.296 e. The fourth-order valence-electron chi connectivity index (χ4n) is 2.78. The first-order valence-corrected chi connectivity index (χ1v) is 9.99. The molecule has 1 fully saturated rings. The molecule has 28 heavy (non-hydrogen) atoms. The average molecular weight is 457 g/mol. The molecule has 2 aromatic carbocycles. The Labute approximate surface area is 172 Å². The van der Waals surface area contributed by atoms with Crippen LogP contribution in [-0.2, 0) is 9.59 Å². The Kier molecular flexibility index (Phi) is 5.01. The van der Waals surface area contributed by atoms with Gasteiger partial charge in [0.2, 0.25) is 16.9 Å². The number of benzene rings is 2. The van der Waals surface area contributed by atoms with Crippen LogP contribution in [0.2, 0.25) is 0 Å². The van der Waals surface area contributed by atoms with Crippen molar-refractivity contribution >= 4 is 55.8 Å². The molecule has 2 heterocycles. The molecule has 140 valence electrons. The summed E-state index contributed by atoms with van der Waals surface area (Å²) >= 11 is 4.66. The summed E-state index contributed by atoms with van der Waals surface area (Å²) in [7, 11) is 0. The number of amides is 3. The van der Waals surface area contributed by atoms with E-state index in [-0.39, 0.29) is 30.6 Å². The minimum atomic E-state index is -0.343. The summed E-state index contributed by atoms with van der Waals surface area (Å²) < 4.78 is 0.968. The van der Waals surface area contributed by atoms with Gasteiger partial charge in [-0.2, -0.15) is 0 Å². The molecule has 4 rings (SSSR count). The Morgan fingerprint density at radius 1 is 0.964 bits per heavy atom. The number of nitrogens with one attached hydrogen (secondary N) is 1. The molecule has 1 saturated heterocycles. The normalized spacial score (nSPS) is 13.8. The second-order valence-corrected chi connectivity index (χ2v) is 7.94. The van der Waals surface area contributed by atoms with Gasteiger partial charge < -0.3 is 0 Å². The first kappa shape index (κ1) is 18.5. The Balaban J connectivity index is 1.46. The van der Waals surface area contributed by atoms with Crippen LogP contribution in [0.5, 0.6) is 0 Å². The van der Waals surface area contributed by atoms with Crippen molar-refractivity contribution in [1.82, 2.24) is 10.2 Å². The second-order valence-electron chi connectivity index (χ2n) is 6.04. The number of anilines is 2. The first-order valence-electron chi connectivity index (χ1n) is 8.38. The molecule has 0 radical (unpaired) electrons. The van der Waals surface area contributed by atoms with Crippen molar-refractivity contribution in [3.63, 3.8) is 0 Å². The molecule has 9 heteroatoms. The number of carbonyl (C=O) groups is 3. The van der Waals surface area contributed by atoms with Gasteiger partial charge in [-0.1, -0.05) is 39.4 Å². The zero-order chi connectivity index (χ0) is 19.7. The summed E-state index contributed by atoms with van der Waals surface area (Å²) in [5, 5.41) is 11.9. The predicted molar refractivity (Wildman–Crippen MR) is 109 cm³/mol. The molecular formula is C19H13BrN4O3S. The molecule has 0 saturated carbocycles. The molecular weight excluding hydrogens is 444 g/mol. The van der Waals surface area contributed by atoms with Gasteiger partial charge in [-0.15, -0.1) is 10.2 Å². The van der Waals surface area contributed by atoms with Gasteiger partial charge in [-0.3, -0.25) is 24.6 Å². The SMILES string of the molecule is O=C(Nc1nnc(-c2ccc(Br)cc2)s1)c1ccc(N2C(=O)CCC2=O)cc1. The lowest BCUT2D eigenvalue weighted by Gasteiger charge is -2.13. The van der Waals surface area contributed by atoms with Gasteiger partial charge in [0.15, 0.2) is 0 Å². The third-order valence-corrected chi connectivity index (χ3v) is 5.59. The fraction of sp³-hybridized carbons (Fsp3) is 0.105. The molecule has 3 amide bonds. The fourth-order valence-corrected chi connectivity index (χ4v) is 3.79. The van der Waals surface area contributed by atoms with Crippen molar-refractivity contribution in [3.05, 3.63) is 58.6 Å². The van der Waals surface area contributed by atoms with Crippen molar-refractivity contribution < 1.29 is 14.4 Å². The van der Waals surface area contributed by atoms with E-state index in [2.05, 4.69) is 31.4 Å². The highest BCUT2D eigenvalue weighted by molar-refractivity contribution is 9.10. The number of hydrogen-bond donors (Lipinski definition) is 1. The van der Waals surface area contributed by atoms with Crippen molar-refractivity contribution in [2.45, 2.75) is 12.8 Å². The van der Waals surface area contributed by atoms with Gasteiger partial charge in [-0.05, 0) is 36.4 Å². The van der Waals surface area contributed by atoms with Crippen molar-refractivity contribution in [3.8, 4) is 10.6 Å². The molecule has 7 nitrogen and oxygen atoms in total. The Hall–Kier alpha value is -2.91. The van der Waals surface area contributed by atoms with Gasteiger partial charge in [-0.25, -0.2) is 0 Å². The zero-order valence-electron chi connectivity index (χ0n) is 14.4. The molecule has 1 aliphatic rings. The molecule has 0 bridgehead atoms. The summed E-state index contributed by atoms with van der Waals surface area (Å²) in [6.07, 6.45) is 0.442. The third kappa shape index (κ3) is 3.71. The maximum atomic E-state index is 12.4. The Morgan fingerprint density at radius 2 is 1.61 bits per heavy atom. The number of hydrogen-bond acceptors (Lipinski definition) is 6. The first-order chi connectivity index (χ1) is 13.5. The maximum Gasteiger partial charge on any atom is 0.257 e. The summed E-state index contributed by atoms with van der Waals surface area (Å²) in [4.78, 5) is 37.2. The smallest absolute Gasteiger partial charge is 0.257 e. The van der Waals surface area contributed by atoms with Crippen LogP contribution in [0.4, 0.5) is 10.8 Å². The summed E-state index contributed by atoms with van der Waals surface area (Å²) in [5.74, 6) is -0.794. The molecule has 0 unspecified atom stereocenters. The molecule has 1 N–H and O–H groups in total. The van der Waals surface area contributed by atoms with Crippen LogP contribution < -0.4 is 10.2 Å². The Bertz CT molecular complexity index is 1050. The molecule has 1 aliphatic heterocycles. The lowest BCUT2D eigenvalue weighted by Crippen LogP contribution is -2.28. The van der Waals surface area contributed by atoms with Crippen LogP contribution in [0, 0.1) is 0 Å². The molecule has 3 aromatic rings. The number of nitrogens with zero attached hydrogens (tertiary/aromatic N) is 3. The van der Waals surface area contributed by atoms with Gasteiger partial charge >= 0.3 is 0 Å².